The lowest BCUT2D eigenvalue weighted by Gasteiger charge is -2.33. The molecule has 0 radical (unpaired) electrons. The summed E-state index contributed by atoms with van der Waals surface area (Å²) in [5.41, 5.74) is 0.914. The average molecular weight is 285 g/mol. The molecular weight excluding hydrogens is 262 g/mol. The number of sulfone groups is 1. The molecule has 19 heavy (non-hydrogen) atoms. The number of rotatable bonds is 6. The van der Waals surface area contributed by atoms with Gasteiger partial charge in [0, 0.05) is 6.26 Å². The molecule has 0 aliphatic carbocycles. The molecule has 0 heterocycles. The summed E-state index contributed by atoms with van der Waals surface area (Å²) in [7, 11) is -1.59. The quantitative estimate of drug-likeness (QED) is 0.870. The maximum Gasteiger partial charge on any atom is 0.154 e. The largest absolute Gasteiger partial charge is 0.497 e. The van der Waals surface area contributed by atoms with Crippen LogP contribution in [0.25, 0.3) is 0 Å². The van der Waals surface area contributed by atoms with Crippen molar-refractivity contribution in [2.75, 3.05) is 19.9 Å². The van der Waals surface area contributed by atoms with Gasteiger partial charge in [0.1, 0.15) is 5.75 Å². The summed E-state index contributed by atoms with van der Waals surface area (Å²) in [4.78, 5) is 0. The molecule has 0 fully saturated rings. The van der Waals surface area contributed by atoms with E-state index in [9.17, 15) is 8.42 Å². The molecular formula is C14H23NO3S. The van der Waals surface area contributed by atoms with Crippen molar-refractivity contribution in [3.63, 3.8) is 0 Å². The van der Waals surface area contributed by atoms with Crippen LogP contribution in [0, 0.1) is 0 Å². The zero-order chi connectivity index (χ0) is 14.7. The fourth-order valence-electron chi connectivity index (χ4n) is 2.00. The summed E-state index contributed by atoms with van der Waals surface area (Å²) in [6, 6.07) is 7.24. The molecule has 108 valence electrons. The molecule has 1 aromatic rings. The van der Waals surface area contributed by atoms with E-state index in [0.717, 1.165) is 11.3 Å². The topological polar surface area (TPSA) is 55.4 Å². The SMILES string of the molecule is CCNC(c1cccc(OC)c1)C(C)(C)S(C)(=O)=O. The van der Waals surface area contributed by atoms with Crippen molar-refractivity contribution in [2.24, 2.45) is 0 Å². The predicted octanol–water partition coefficient (Wildman–Crippen LogP) is 2.17. The maximum atomic E-state index is 12.0. The van der Waals surface area contributed by atoms with Crippen LogP contribution in [-0.2, 0) is 9.84 Å². The molecule has 0 saturated heterocycles. The molecule has 1 rings (SSSR count). The highest BCUT2D eigenvalue weighted by atomic mass is 32.2. The first-order valence-electron chi connectivity index (χ1n) is 6.31. The van der Waals surface area contributed by atoms with Crippen molar-refractivity contribution in [3.05, 3.63) is 29.8 Å². The van der Waals surface area contributed by atoms with Gasteiger partial charge in [-0.2, -0.15) is 0 Å². The molecule has 0 bridgehead atoms. The number of benzene rings is 1. The lowest BCUT2D eigenvalue weighted by atomic mass is 9.95. The van der Waals surface area contributed by atoms with Crippen molar-refractivity contribution < 1.29 is 13.2 Å². The van der Waals surface area contributed by atoms with Crippen LogP contribution in [0.3, 0.4) is 0 Å². The van der Waals surface area contributed by atoms with Crippen LogP contribution in [0.4, 0.5) is 0 Å². The Morgan fingerprint density at radius 1 is 1.37 bits per heavy atom. The van der Waals surface area contributed by atoms with Gasteiger partial charge in [0.25, 0.3) is 0 Å². The number of nitrogens with one attached hydrogen (secondary N) is 1. The van der Waals surface area contributed by atoms with E-state index in [1.165, 1.54) is 6.26 Å². The first-order chi connectivity index (χ1) is 8.74. The average Bonchev–Trinajstić information content (AvgIpc) is 2.34. The molecule has 0 aromatic heterocycles. The molecule has 1 aromatic carbocycles. The molecule has 0 aliphatic rings. The smallest absolute Gasteiger partial charge is 0.154 e. The van der Waals surface area contributed by atoms with Gasteiger partial charge in [-0.25, -0.2) is 8.42 Å². The second-order valence-electron chi connectivity index (χ2n) is 5.14. The van der Waals surface area contributed by atoms with Crippen molar-refractivity contribution in [2.45, 2.75) is 31.6 Å². The van der Waals surface area contributed by atoms with E-state index in [2.05, 4.69) is 5.32 Å². The van der Waals surface area contributed by atoms with Crippen LogP contribution in [0.1, 0.15) is 32.4 Å². The highest BCUT2D eigenvalue weighted by molar-refractivity contribution is 7.92. The monoisotopic (exact) mass is 285 g/mol. The highest BCUT2D eigenvalue weighted by Gasteiger charge is 2.39. The summed E-state index contributed by atoms with van der Waals surface area (Å²) in [6.07, 6.45) is 1.28. The van der Waals surface area contributed by atoms with E-state index in [1.807, 2.05) is 31.2 Å². The Morgan fingerprint density at radius 3 is 2.47 bits per heavy atom. The van der Waals surface area contributed by atoms with Crippen molar-refractivity contribution in [3.8, 4) is 5.75 Å². The highest BCUT2D eigenvalue weighted by Crippen LogP contribution is 2.33. The molecule has 0 amide bonds. The first-order valence-corrected chi connectivity index (χ1v) is 8.20. The molecule has 1 N–H and O–H groups in total. The van der Waals surface area contributed by atoms with Gasteiger partial charge in [0.05, 0.1) is 17.9 Å². The molecule has 0 spiro atoms. The summed E-state index contributed by atoms with van der Waals surface area (Å²) in [6.45, 7) is 6.15. The Hall–Kier alpha value is -1.07. The van der Waals surface area contributed by atoms with E-state index in [1.54, 1.807) is 21.0 Å². The van der Waals surface area contributed by atoms with Gasteiger partial charge in [0.2, 0.25) is 0 Å². The van der Waals surface area contributed by atoms with E-state index in [-0.39, 0.29) is 6.04 Å². The molecule has 5 heteroatoms. The standard InChI is InChI=1S/C14H23NO3S/c1-6-15-13(14(2,3)19(5,16)17)11-8-7-9-12(10-11)18-4/h7-10,13,15H,6H2,1-5H3. The summed E-state index contributed by atoms with van der Waals surface area (Å²) >= 11 is 0. The normalized spacial score (nSPS) is 14.2. The van der Waals surface area contributed by atoms with Crippen LogP contribution < -0.4 is 10.1 Å². The summed E-state index contributed by atoms with van der Waals surface area (Å²) in [5.74, 6) is 0.727. The Labute approximate surface area is 116 Å². The Balaban J connectivity index is 3.27. The van der Waals surface area contributed by atoms with E-state index >= 15 is 0 Å². The fourth-order valence-corrected chi connectivity index (χ4v) is 2.65. The molecule has 4 nitrogen and oxygen atoms in total. The number of hydrogen-bond donors (Lipinski definition) is 1. The molecule has 1 unspecified atom stereocenters. The van der Waals surface area contributed by atoms with E-state index < -0.39 is 14.6 Å². The minimum atomic E-state index is -3.19. The molecule has 0 aliphatic heterocycles. The number of methoxy groups -OCH3 is 1. The second-order valence-corrected chi connectivity index (χ2v) is 7.74. The van der Waals surface area contributed by atoms with Crippen LogP contribution in [0.15, 0.2) is 24.3 Å². The van der Waals surface area contributed by atoms with Crippen LogP contribution in [0.2, 0.25) is 0 Å². The zero-order valence-electron chi connectivity index (χ0n) is 12.2. The van der Waals surface area contributed by atoms with Gasteiger partial charge in [-0.3, -0.25) is 0 Å². The van der Waals surface area contributed by atoms with Crippen molar-refractivity contribution in [1.29, 1.82) is 0 Å². The van der Waals surface area contributed by atoms with Crippen molar-refractivity contribution in [1.82, 2.24) is 5.32 Å². The van der Waals surface area contributed by atoms with Gasteiger partial charge >= 0.3 is 0 Å². The first kappa shape index (κ1) is 16.0. The van der Waals surface area contributed by atoms with Crippen LogP contribution in [-0.4, -0.2) is 33.1 Å². The van der Waals surface area contributed by atoms with E-state index in [0.29, 0.717) is 6.54 Å². The number of hydrogen-bond acceptors (Lipinski definition) is 4. The minimum absolute atomic E-state index is 0.275. The number of ether oxygens (including phenoxy) is 1. The van der Waals surface area contributed by atoms with Gasteiger partial charge in [0.15, 0.2) is 9.84 Å². The lowest BCUT2D eigenvalue weighted by Crippen LogP contribution is -2.44. The Morgan fingerprint density at radius 2 is 2.00 bits per heavy atom. The Bertz CT molecular complexity index is 523. The molecule has 1 atom stereocenters. The molecule has 0 saturated carbocycles. The lowest BCUT2D eigenvalue weighted by molar-refractivity contribution is 0.406. The maximum absolute atomic E-state index is 12.0. The summed E-state index contributed by atoms with van der Waals surface area (Å²) < 4.78 is 28.4. The third-order valence-electron chi connectivity index (χ3n) is 3.49. The minimum Gasteiger partial charge on any atom is -0.497 e. The van der Waals surface area contributed by atoms with Gasteiger partial charge in [-0.1, -0.05) is 19.1 Å². The van der Waals surface area contributed by atoms with Crippen LogP contribution >= 0.6 is 0 Å². The van der Waals surface area contributed by atoms with E-state index in [4.69, 9.17) is 4.74 Å². The summed E-state index contributed by atoms with van der Waals surface area (Å²) in [5, 5.41) is 3.26. The van der Waals surface area contributed by atoms with Crippen LogP contribution in [0.5, 0.6) is 5.75 Å². The third kappa shape index (κ3) is 3.48. The van der Waals surface area contributed by atoms with Gasteiger partial charge < -0.3 is 10.1 Å². The van der Waals surface area contributed by atoms with Crippen molar-refractivity contribution >= 4 is 9.84 Å². The van der Waals surface area contributed by atoms with Gasteiger partial charge in [-0.05, 0) is 38.1 Å². The zero-order valence-corrected chi connectivity index (χ0v) is 13.0. The Kier molecular flexibility index (Phi) is 4.98. The fraction of sp³-hybridized carbons (Fsp3) is 0.571. The van der Waals surface area contributed by atoms with Gasteiger partial charge in [-0.15, -0.1) is 0 Å². The predicted molar refractivity (Wildman–Crippen MR) is 78.3 cm³/mol. The second kappa shape index (κ2) is 5.92. The third-order valence-corrected chi connectivity index (χ3v) is 5.63.